The van der Waals surface area contributed by atoms with Crippen LogP contribution in [0.25, 0.3) is 22.7 Å². The molecule has 5 aromatic rings. The Balaban J connectivity index is 1.49. The summed E-state index contributed by atoms with van der Waals surface area (Å²) in [6.45, 7) is 6.55. The van der Waals surface area contributed by atoms with Gasteiger partial charge >= 0.3 is 0 Å². The second-order valence-electron chi connectivity index (χ2n) is 11.1. The fourth-order valence-corrected chi connectivity index (χ4v) is 6.11. The molecule has 41 heavy (non-hydrogen) atoms. The minimum atomic E-state index is -0.187. The molecular weight excluding hydrogens is 604 g/mol. The fourth-order valence-electron chi connectivity index (χ4n) is 5.68. The summed E-state index contributed by atoms with van der Waals surface area (Å²) in [6.07, 6.45) is 6.72. The third kappa shape index (κ3) is 4.81. The van der Waals surface area contributed by atoms with E-state index in [-0.39, 0.29) is 24.1 Å². The van der Waals surface area contributed by atoms with Crippen molar-refractivity contribution >= 4 is 39.1 Å². The predicted octanol–water partition coefficient (Wildman–Crippen LogP) is 6.09. The maximum atomic E-state index is 14.3. The van der Waals surface area contributed by atoms with Gasteiger partial charge in [0.2, 0.25) is 0 Å². The lowest BCUT2D eigenvalue weighted by Crippen LogP contribution is -2.46. The highest BCUT2D eigenvalue weighted by Crippen LogP contribution is 2.29. The SMILES string of the molecule is CC(C)Cc1cnn2c3c(c(=O)n(-c4ccc(-c5nccn5C)cc4)c12)CC(C)N(C(=O)c1ccc(Br)c(Cl)c1)C3. The first-order valence-corrected chi connectivity index (χ1v) is 14.8. The first-order chi connectivity index (χ1) is 19.6. The van der Waals surface area contributed by atoms with Gasteiger partial charge in [-0.15, -0.1) is 0 Å². The van der Waals surface area contributed by atoms with Crippen molar-refractivity contribution in [1.29, 1.82) is 0 Å². The van der Waals surface area contributed by atoms with E-state index in [1.807, 2.05) is 59.7 Å². The fraction of sp³-hybridized carbons (Fsp3) is 0.290. The van der Waals surface area contributed by atoms with Crippen LogP contribution in [0.3, 0.4) is 0 Å². The molecule has 0 spiro atoms. The molecule has 4 heterocycles. The molecule has 1 atom stereocenters. The van der Waals surface area contributed by atoms with Crippen molar-refractivity contribution in [1.82, 2.24) is 28.6 Å². The van der Waals surface area contributed by atoms with Crippen LogP contribution in [-0.4, -0.2) is 40.6 Å². The number of imidazole rings is 1. The third-order valence-corrected chi connectivity index (χ3v) is 8.94. The Bertz CT molecular complexity index is 1850. The van der Waals surface area contributed by atoms with Crippen LogP contribution in [0.1, 0.15) is 48.0 Å². The van der Waals surface area contributed by atoms with Crippen LogP contribution in [-0.2, 0) is 26.4 Å². The van der Waals surface area contributed by atoms with Crippen molar-refractivity contribution in [2.45, 2.75) is 46.2 Å². The van der Waals surface area contributed by atoms with Crippen LogP contribution in [0.15, 0.2) is 70.3 Å². The van der Waals surface area contributed by atoms with Gasteiger partial charge in [-0.1, -0.05) is 25.4 Å². The van der Waals surface area contributed by atoms with Crippen molar-refractivity contribution in [2.24, 2.45) is 13.0 Å². The van der Waals surface area contributed by atoms with Gasteiger partial charge < -0.3 is 9.47 Å². The third-order valence-electron chi connectivity index (χ3n) is 7.71. The Morgan fingerprint density at radius 1 is 1.17 bits per heavy atom. The number of fused-ring (bicyclic) bond motifs is 3. The summed E-state index contributed by atoms with van der Waals surface area (Å²) in [5.74, 6) is 1.10. The molecule has 0 radical (unpaired) electrons. The summed E-state index contributed by atoms with van der Waals surface area (Å²) in [6, 6.07) is 12.9. The van der Waals surface area contributed by atoms with Crippen LogP contribution in [0.2, 0.25) is 5.02 Å². The Kier molecular flexibility index (Phi) is 7.11. The average Bonchev–Trinajstić information content (AvgIpc) is 3.56. The number of halogens is 2. The van der Waals surface area contributed by atoms with Gasteiger partial charge in [-0.05, 0) is 84.1 Å². The Labute approximate surface area is 251 Å². The monoisotopic (exact) mass is 632 g/mol. The van der Waals surface area contributed by atoms with E-state index in [0.717, 1.165) is 44.9 Å². The molecule has 210 valence electrons. The number of aromatic nitrogens is 5. The predicted molar refractivity (Wildman–Crippen MR) is 164 cm³/mol. The molecule has 1 unspecified atom stereocenters. The number of rotatable bonds is 5. The molecule has 0 aliphatic carbocycles. The quantitative estimate of drug-likeness (QED) is 0.235. The number of hydrogen-bond donors (Lipinski definition) is 0. The molecule has 8 nitrogen and oxygen atoms in total. The summed E-state index contributed by atoms with van der Waals surface area (Å²) in [5.41, 5.74) is 5.31. The number of aryl methyl sites for hydroxylation is 1. The molecule has 1 aliphatic heterocycles. The number of amides is 1. The largest absolute Gasteiger partial charge is 0.334 e. The normalized spacial score (nSPS) is 15.1. The second kappa shape index (κ2) is 10.6. The summed E-state index contributed by atoms with van der Waals surface area (Å²) >= 11 is 9.69. The molecule has 0 saturated carbocycles. The van der Waals surface area contributed by atoms with Gasteiger partial charge in [0.25, 0.3) is 11.5 Å². The van der Waals surface area contributed by atoms with Gasteiger partial charge in [-0.3, -0.25) is 14.2 Å². The lowest BCUT2D eigenvalue weighted by atomic mass is 9.98. The summed E-state index contributed by atoms with van der Waals surface area (Å²) < 4.78 is 6.34. The van der Waals surface area contributed by atoms with Crippen molar-refractivity contribution in [3.05, 3.63) is 103 Å². The van der Waals surface area contributed by atoms with E-state index in [1.165, 1.54) is 0 Å². The minimum Gasteiger partial charge on any atom is -0.334 e. The number of carbonyl (C=O) groups is 1. The number of carbonyl (C=O) groups excluding carboxylic acids is 1. The number of hydrogen-bond acceptors (Lipinski definition) is 4. The van der Waals surface area contributed by atoms with E-state index in [1.54, 1.807) is 33.9 Å². The lowest BCUT2D eigenvalue weighted by molar-refractivity contribution is 0.0651. The van der Waals surface area contributed by atoms with E-state index in [0.29, 0.717) is 28.5 Å². The molecule has 0 bridgehead atoms. The maximum absolute atomic E-state index is 14.3. The lowest BCUT2D eigenvalue weighted by Gasteiger charge is -2.35. The van der Waals surface area contributed by atoms with Crippen molar-refractivity contribution < 1.29 is 4.79 Å². The number of benzene rings is 2. The van der Waals surface area contributed by atoms with Crippen LogP contribution < -0.4 is 5.56 Å². The smallest absolute Gasteiger partial charge is 0.261 e. The van der Waals surface area contributed by atoms with Gasteiger partial charge in [0.1, 0.15) is 11.5 Å². The van der Waals surface area contributed by atoms with Crippen LogP contribution in [0.4, 0.5) is 0 Å². The molecule has 0 saturated heterocycles. The zero-order chi connectivity index (χ0) is 29.0. The standard InChI is InChI=1S/C31H30BrClN6O2/c1-18(2)13-22-16-35-39-27-17-37(30(40)21-7-10-25(32)26(33)15-21)19(3)14-24(27)31(41)38(29(22)39)23-8-5-20(6-9-23)28-34-11-12-36(28)4/h5-12,15-16,18-19H,13-14,17H2,1-4H3. The average molecular weight is 634 g/mol. The molecule has 10 heteroatoms. The molecule has 0 fully saturated rings. The van der Waals surface area contributed by atoms with E-state index in [2.05, 4.69) is 34.8 Å². The van der Waals surface area contributed by atoms with Crippen molar-refractivity contribution in [3.63, 3.8) is 0 Å². The zero-order valence-electron chi connectivity index (χ0n) is 23.3. The van der Waals surface area contributed by atoms with Gasteiger partial charge in [0.15, 0.2) is 0 Å². The summed E-state index contributed by atoms with van der Waals surface area (Å²) in [7, 11) is 1.96. The highest BCUT2D eigenvalue weighted by atomic mass is 79.9. The molecule has 1 amide bonds. The molecule has 1 aliphatic rings. The van der Waals surface area contributed by atoms with Gasteiger partial charge in [0.05, 0.1) is 29.1 Å². The van der Waals surface area contributed by atoms with Gasteiger partial charge in [0, 0.05) is 52.2 Å². The first kappa shape index (κ1) is 27.5. The van der Waals surface area contributed by atoms with Crippen molar-refractivity contribution in [3.8, 4) is 17.1 Å². The highest BCUT2D eigenvalue weighted by Gasteiger charge is 2.33. The molecular formula is C31H30BrClN6O2. The number of nitrogens with zero attached hydrogens (tertiary/aromatic N) is 6. The maximum Gasteiger partial charge on any atom is 0.261 e. The van der Waals surface area contributed by atoms with Crippen LogP contribution in [0, 0.1) is 5.92 Å². The Hall–Kier alpha value is -3.69. The second-order valence-corrected chi connectivity index (χ2v) is 12.4. The Morgan fingerprint density at radius 2 is 1.93 bits per heavy atom. The molecule has 3 aromatic heterocycles. The highest BCUT2D eigenvalue weighted by molar-refractivity contribution is 9.10. The molecule has 6 rings (SSSR count). The molecule has 2 aromatic carbocycles. The van der Waals surface area contributed by atoms with E-state index >= 15 is 0 Å². The molecule has 0 N–H and O–H groups in total. The van der Waals surface area contributed by atoms with Gasteiger partial charge in [-0.2, -0.15) is 5.10 Å². The van der Waals surface area contributed by atoms with E-state index < -0.39 is 0 Å². The van der Waals surface area contributed by atoms with Crippen LogP contribution in [0.5, 0.6) is 0 Å². The zero-order valence-corrected chi connectivity index (χ0v) is 25.6. The van der Waals surface area contributed by atoms with Crippen LogP contribution >= 0.6 is 27.5 Å². The summed E-state index contributed by atoms with van der Waals surface area (Å²) in [4.78, 5) is 34.2. The van der Waals surface area contributed by atoms with E-state index in [4.69, 9.17) is 16.7 Å². The first-order valence-electron chi connectivity index (χ1n) is 13.6. The topological polar surface area (TPSA) is 77.4 Å². The minimum absolute atomic E-state index is 0.0756. The summed E-state index contributed by atoms with van der Waals surface area (Å²) in [5, 5.41) is 5.26. The Morgan fingerprint density at radius 3 is 2.59 bits per heavy atom. The van der Waals surface area contributed by atoms with E-state index in [9.17, 15) is 9.59 Å². The van der Waals surface area contributed by atoms with Gasteiger partial charge in [-0.25, -0.2) is 9.50 Å². The van der Waals surface area contributed by atoms with Crippen molar-refractivity contribution in [2.75, 3.05) is 0 Å².